The molecule has 1 N–H and O–H groups in total. The van der Waals surface area contributed by atoms with E-state index in [1.165, 1.54) is 12.1 Å². The Balaban J connectivity index is 1.54. The highest BCUT2D eigenvalue weighted by atomic mass is 32.2. The van der Waals surface area contributed by atoms with Gasteiger partial charge in [-0.3, -0.25) is 14.4 Å². The van der Waals surface area contributed by atoms with Gasteiger partial charge in [-0.2, -0.15) is 0 Å². The third-order valence-corrected chi connectivity index (χ3v) is 9.51. The van der Waals surface area contributed by atoms with Crippen LogP contribution >= 0.6 is 0 Å². The molecule has 10 heteroatoms. The average Bonchev–Trinajstić information content (AvgIpc) is 3.10. The lowest BCUT2D eigenvalue weighted by Crippen LogP contribution is -2.49. The van der Waals surface area contributed by atoms with Crippen molar-refractivity contribution in [2.75, 3.05) is 35.9 Å². The highest BCUT2D eigenvalue weighted by Gasteiger charge is 2.40. The zero-order chi connectivity index (χ0) is 33.1. The first-order valence-electron chi connectivity index (χ1n) is 15.0. The second-order valence-electron chi connectivity index (χ2n) is 11.1. The summed E-state index contributed by atoms with van der Waals surface area (Å²) in [5, 5.41) is 0. The molecule has 47 heavy (non-hydrogen) atoms. The third-order valence-electron chi connectivity index (χ3n) is 8.13. The van der Waals surface area contributed by atoms with Gasteiger partial charge in [0.15, 0.2) is 11.5 Å². The fraction of sp³-hybridized carbons (Fsp3) is 0.162. The van der Waals surface area contributed by atoms with Gasteiger partial charge in [-0.15, -0.1) is 0 Å². The van der Waals surface area contributed by atoms with Crippen molar-refractivity contribution in [3.8, 4) is 17.2 Å². The van der Waals surface area contributed by atoms with Crippen LogP contribution < -0.4 is 28.7 Å². The zero-order valence-electron chi connectivity index (χ0n) is 26.5. The monoisotopic (exact) mass is 649 g/mol. The van der Waals surface area contributed by atoms with E-state index in [1.807, 2.05) is 79.7 Å². The van der Waals surface area contributed by atoms with E-state index >= 15 is 0 Å². The number of nitrogens with one attached hydrogen (secondary N) is 1. The van der Waals surface area contributed by atoms with Gasteiger partial charge in [0.25, 0.3) is 15.9 Å². The molecular formula is C37H35N3O6S. The maximum atomic E-state index is 14.7. The second-order valence-corrected chi connectivity index (χ2v) is 12.8. The van der Waals surface area contributed by atoms with E-state index in [0.717, 1.165) is 16.7 Å². The number of hydrogen-bond acceptors (Lipinski definition) is 7. The molecule has 6 rings (SSSR count). The molecule has 1 aliphatic rings. The van der Waals surface area contributed by atoms with E-state index in [9.17, 15) is 13.2 Å². The average molecular weight is 650 g/mol. The molecule has 1 heterocycles. The van der Waals surface area contributed by atoms with Gasteiger partial charge in [0, 0.05) is 17.9 Å². The summed E-state index contributed by atoms with van der Waals surface area (Å²) in [6, 6.07) is 34.5. The first-order valence-corrected chi connectivity index (χ1v) is 16.4. The Labute approximate surface area is 275 Å². The summed E-state index contributed by atoms with van der Waals surface area (Å²) >= 11 is 0. The van der Waals surface area contributed by atoms with Gasteiger partial charge in [-0.25, -0.2) is 8.42 Å². The van der Waals surface area contributed by atoms with E-state index in [1.54, 1.807) is 56.6 Å². The molecule has 0 fully saturated rings. The molecule has 240 valence electrons. The topological polar surface area (TPSA) is 97.4 Å². The molecule has 0 unspecified atom stereocenters. The SMILES string of the molecule is COc1ccc(N2C(=O)c3cc(S(=O)(=O)Nc4ccc(C)cc4)ccc3N(Cc3ccccc3)[C@@H]2c2ccc(OC)c(OC)c2)cc1. The van der Waals surface area contributed by atoms with Crippen molar-refractivity contribution in [2.24, 2.45) is 0 Å². The van der Waals surface area contributed by atoms with Crippen molar-refractivity contribution in [1.29, 1.82) is 0 Å². The molecule has 1 atom stereocenters. The number of hydrogen-bond donors (Lipinski definition) is 1. The van der Waals surface area contributed by atoms with Crippen LogP contribution in [0, 0.1) is 6.92 Å². The lowest BCUT2D eigenvalue weighted by atomic mass is 9.98. The molecule has 0 spiro atoms. The predicted octanol–water partition coefficient (Wildman–Crippen LogP) is 7.19. The maximum absolute atomic E-state index is 14.7. The van der Waals surface area contributed by atoms with Gasteiger partial charge in [0.1, 0.15) is 11.9 Å². The van der Waals surface area contributed by atoms with Crippen LogP contribution in [0.2, 0.25) is 0 Å². The van der Waals surface area contributed by atoms with E-state index < -0.39 is 16.2 Å². The molecule has 0 aromatic heterocycles. The summed E-state index contributed by atoms with van der Waals surface area (Å²) < 4.78 is 46.4. The molecule has 0 saturated carbocycles. The van der Waals surface area contributed by atoms with E-state index in [2.05, 4.69) is 9.62 Å². The highest BCUT2D eigenvalue weighted by molar-refractivity contribution is 7.92. The van der Waals surface area contributed by atoms with Gasteiger partial charge in [-0.1, -0.05) is 54.1 Å². The first-order chi connectivity index (χ1) is 22.7. The van der Waals surface area contributed by atoms with E-state index in [4.69, 9.17) is 14.2 Å². The van der Waals surface area contributed by atoms with Gasteiger partial charge in [0.05, 0.1) is 37.5 Å². The number of rotatable bonds is 10. The number of anilines is 3. The van der Waals surface area contributed by atoms with Gasteiger partial charge < -0.3 is 19.1 Å². The molecule has 0 bridgehead atoms. The minimum Gasteiger partial charge on any atom is -0.497 e. The Morgan fingerprint density at radius 1 is 0.745 bits per heavy atom. The number of carbonyl (C=O) groups excluding carboxylic acids is 1. The van der Waals surface area contributed by atoms with Crippen LogP contribution in [0.1, 0.15) is 33.2 Å². The van der Waals surface area contributed by atoms with Gasteiger partial charge in [-0.05, 0) is 84.8 Å². The highest BCUT2D eigenvalue weighted by Crippen LogP contribution is 2.45. The van der Waals surface area contributed by atoms with Crippen LogP contribution in [0.25, 0.3) is 0 Å². The number of benzene rings is 5. The third kappa shape index (κ3) is 6.32. The molecule has 0 radical (unpaired) electrons. The number of sulfonamides is 1. The standard InChI is InChI=1S/C37H35N3O6S/c1-25-10-13-28(14-11-25)38-47(42,43)31-19-20-33-32(23-31)37(41)40(29-15-17-30(44-2)18-16-29)36(39(33)24-26-8-6-5-7-9-26)27-12-21-34(45-3)35(22-27)46-4/h5-23,36,38H,24H2,1-4H3/t36-/m0/s1. The lowest BCUT2D eigenvalue weighted by molar-refractivity contribution is 0.0968. The second kappa shape index (κ2) is 13.1. The number of nitrogens with zero attached hydrogens (tertiary/aromatic N) is 2. The van der Waals surface area contributed by atoms with Gasteiger partial charge >= 0.3 is 0 Å². The number of fused-ring (bicyclic) bond motifs is 1. The zero-order valence-corrected chi connectivity index (χ0v) is 27.3. The van der Waals surface area contributed by atoms with Crippen LogP contribution in [-0.4, -0.2) is 35.7 Å². The van der Waals surface area contributed by atoms with Crippen molar-refractivity contribution >= 4 is 33.0 Å². The van der Waals surface area contributed by atoms with Crippen LogP contribution in [0.15, 0.2) is 120 Å². The fourth-order valence-corrected chi connectivity index (χ4v) is 6.83. The van der Waals surface area contributed by atoms with Crippen LogP contribution in [0.3, 0.4) is 0 Å². The Morgan fingerprint density at radius 2 is 1.45 bits per heavy atom. The summed E-state index contributed by atoms with van der Waals surface area (Å²) in [7, 11) is 0.702. The largest absolute Gasteiger partial charge is 0.497 e. The Morgan fingerprint density at radius 3 is 2.11 bits per heavy atom. The maximum Gasteiger partial charge on any atom is 0.262 e. The van der Waals surface area contributed by atoms with Crippen molar-refractivity contribution < 1.29 is 27.4 Å². The summed E-state index contributed by atoms with van der Waals surface area (Å²) in [4.78, 5) is 18.5. The summed E-state index contributed by atoms with van der Waals surface area (Å²) in [6.45, 7) is 2.35. The molecule has 1 aliphatic heterocycles. The first kappa shape index (κ1) is 31.5. The van der Waals surface area contributed by atoms with Crippen LogP contribution in [0.5, 0.6) is 17.2 Å². The number of aryl methyl sites for hydroxylation is 1. The minimum absolute atomic E-state index is 0.0240. The van der Waals surface area contributed by atoms with Crippen molar-refractivity contribution in [1.82, 2.24) is 0 Å². The summed E-state index contributed by atoms with van der Waals surface area (Å²) in [6.07, 6.45) is -0.642. The number of ether oxygens (including phenoxy) is 3. The molecule has 9 nitrogen and oxygen atoms in total. The predicted molar refractivity (Wildman–Crippen MR) is 183 cm³/mol. The Bertz CT molecular complexity index is 2000. The molecule has 0 aliphatic carbocycles. The Kier molecular flexibility index (Phi) is 8.78. The molecule has 5 aromatic rings. The normalized spacial score (nSPS) is 14.4. The number of carbonyl (C=O) groups is 1. The lowest BCUT2D eigenvalue weighted by Gasteiger charge is -2.46. The number of methoxy groups -OCH3 is 3. The van der Waals surface area contributed by atoms with E-state index in [-0.39, 0.29) is 16.4 Å². The van der Waals surface area contributed by atoms with Crippen molar-refractivity contribution in [3.63, 3.8) is 0 Å². The van der Waals surface area contributed by atoms with Crippen LogP contribution in [-0.2, 0) is 16.6 Å². The molecular weight excluding hydrogens is 614 g/mol. The minimum atomic E-state index is -4.02. The van der Waals surface area contributed by atoms with Crippen molar-refractivity contribution in [2.45, 2.75) is 24.5 Å². The fourth-order valence-electron chi connectivity index (χ4n) is 5.75. The quantitative estimate of drug-likeness (QED) is 0.171. The smallest absolute Gasteiger partial charge is 0.262 e. The Hall–Kier alpha value is -5.48. The molecule has 5 aromatic carbocycles. The van der Waals surface area contributed by atoms with Gasteiger partial charge in [0.2, 0.25) is 0 Å². The molecule has 0 saturated heterocycles. The van der Waals surface area contributed by atoms with E-state index in [0.29, 0.717) is 40.9 Å². The number of amides is 1. The molecule has 1 amide bonds. The van der Waals surface area contributed by atoms with Crippen LogP contribution in [0.4, 0.5) is 17.1 Å². The van der Waals surface area contributed by atoms with Crippen molar-refractivity contribution in [3.05, 3.63) is 138 Å². The summed E-state index contributed by atoms with van der Waals surface area (Å²) in [5.74, 6) is 1.35. The summed E-state index contributed by atoms with van der Waals surface area (Å²) in [5.41, 5.74) is 4.66.